The van der Waals surface area contributed by atoms with Crippen LogP contribution >= 0.6 is 0 Å². The number of aliphatic hydroxyl groups is 1. The number of hydrogen-bond donors (Lipinski definition) is 2. The normalized spacial score (nSPS) is 15.6. The fraction of sp³-hybridized carbons (Fsp3) is 0.538. The Morgan fingerprint density at radius 1 is 1.11 bits per heavy atom. The van der Waals surface area contributed by atoms with Crippen LogP contribution in [0.1, 0.15) is 65.8 Å². The maximum absolute atomic E-state index is 12.4. The molecule has 1 saturated carbocycles. The average Bonchev–Trinajstić information content (AvgIpc) is 3.48. The summed E-state index contributed by atoms with van der Waals surface area (Å²) in [4.78, 5) is 23.8. The molecule has 9 nitrogen and oxygen atoms in total. The maximum Gasteiger partial charge on any atom is 0.339 e. The van der Waals surface area contributed by atoms with Crippen molar-refractivity contribution in [2.24, 2.45) is 0 Å². The molecule has 2 N–H and O–H groups in total. The van der Waals surface area contributed by atoms with E-state index in [0.29, 0.717) is 22.6 Å². The molecule has 1 aliphatic carbocycles. The molecule has 2 atom stereocenters. The minimum Gasteiger partial charge on any atom is -0.496 e. The van der Waals surface area contributed by atoms with Crippen molar-refractivity contribution < 1.29 is 38.7 Å². The lowest BCUT2D eigenvalue weighted by atomic mass is 10.0. The number of carboxylic acids is 1. The van der Waals surface area contributed by atoms with Gasteiger partial charge in [0, 0.05) is 18.0 Å². The van der Waals surface area contributed by atoms with Gasteiger partial charge in [-0.15, -0.1) is 0 Å². The molecule has 9 heteroatoms. The van der Waals surface area contributed by atoms with Crippen molar-refractivity contribution in [1.29, 1.82) is 0 Å². The van der Waals surface area contributed by atoms with Crippen molar-refractivity contribution in [1.82, 2.24) is 4.57 Å². The molecule has 2 aromatic rings. The van der Waals surface area contributed by atoms with Crippen molar-refractivity contribution in [3.63, 3.8) is 0 Å². The quantitative estimate of drug-likeness (QED) is 0.434. The Morgan fingerprint density at radius 3 is 2.29 bits per heavy atom. The van der Waals surface area contributed by atoms with Crippen LogP contribution in [0.2, 0.25) is 0 Å². The fourth-order valence-electron chi connectivity index (χ4n) is 4.55. The van der Waals surface area contributed by atoms with Crippen LogP contribution in [0.25, 0.3) is 0 Å². The third kappa shape index (κ3) is 6.55. The van der Waals surface area contributed by atoms with Gasteiger partial charge in [0.2, 0.25) is 0 Å². The highest BCUT2D eigenvalue weighted by Gasteiger charge is 2.29. The first-order valence-corrected chi connectivity index (χ1v) is 11.9. The largest absolute Gasteiger partial charge is 0.496 e. The zero-order chi connectivity index (χ0) is 25.5. The molecule has 1 aromatic carbocycles. The number of rotatable bonds is 12. The predicted molar refractivity (Wildman–Crippen MR) is 128 cm³/mol. The van der Waals surface area contributed by atoms with E-state index in [4.69, 9.17) is 18.9 Å². The van der Waals surface area contributed by atoms with Gasteiger partial charge in [-0.05, 0) is 49.9 Å². The van der Waals surface area contributed by atoms with E-state index >= 15 is 0 Å². The molecule has 0 radical (unpaired) electrons. The summed E-state index contributed by atoms with van der Waals surface area (Å²) >= 11 is 0. The third-order valence-corrected chi connectivity index (χ3v) is 6.33. The minimum absolute atomic E-state index is 0.0162. The van der Waals surface area contributed by atoms with Crippen LogP contribution in [-0.2, 0) is 27.2 Å². The average molecular weight is 490 g/mol. The first kappa shape index (κ1) is 26.6. The standard InChI is InChI=1S/C26H35NO8/c1-5-34-26(31)20-14-27(13-18(20)12-24(28)29)15-23(35-19-8-6-7-9-19)25(30)17-10-21(32-3)16(2)22(11-17)33-4/h10-11,13-14,19,23,25,30H,5-9,12,15H2,1-4H3,(H,28,29). The number of aromatic nitrogens is 1. The minimum atomic E-state index is -1.05. The van der Waals surface area contributed by atoms with E-state index in [9.17, 15) is 19.8 Å². The number of esters is 1. The Labute approximate surface area is 205 Å². The number of benzene rings is 1. The number of carbonyl (C=O) groups is 2. The molecule has 1 fully saturated rings. The van der Waals surface area contributed by atoms with E-state index in [2.05, 4.69) is 0 Å². The van der Waals surface area contributed by atoms with Gasteiger partial charge in [0.05, 0.1) is 45.5 Å². The van der Waals surface area contributed by atoms with Gasteiger partial charge in [0.15, 0.2) is 0 Å². The maximum atomic E-state index is 12.4. The SMILES string of the molecule is CCOC(=O)c1cn(CC(OC2CCCC2)C(O)c2cc(OC)c(C)c(OC)c2)cc1CC(=O)O. The molecule has 192 valence electrons. The van der Waals surface area contributed by atoms with Gasteiger partial charge >= 0.3 is 11.9 Å². The molecular formula is C26H35NO8. The molecule has 35 heavy (non-hydrogen) atoms. The summed E-state index contributed by atoms with van der Waals surface area (Å²) in [5.74, 6) is -0.449. The Hall–Kier alpha value is -3.04. The second-order valence-electron chi connectivity index (χ2n) is 8.76. The van der Waals surface area contributed by atoms with Crippen molar-refractivity contribution in [2.75, 3.05) is 20.8 Å². The Morgan fingerprint density at radius 2 is 1.74 bits per heavy atom. The van der Waals surface area contributed by atoms with Gasteiger partial charge in [-0.3, -0.25) is 4.79 Å². The summed E-state index contributed by atoms with van der Waals surface area (Å²) < 4.78 is 24.1. The van der Waals surface area contributed by atoms with E-state index in [1.165, 1.54) is 0 Å². The molecule has 3 rings (SSSR count). The number of aliphatic hydroxyl groups excluding tert-OH is 1. The number of ether oxygens (including phenoxy) is 4. The van der Waals surface area contributed by atoms with Crippen LogP contribution in [0.3, 0.4) is 0 Å². The van der Waals surface area contributed by atoms with Crippen LogP contribution in [0.5, 0.6) is 11.5 Å². The summed E-state index contributed by atoms with van der Waals surface area (Å²) in [6.07, 6.45) is 5.15. The van der Waals surface area contributed by atoms with Gasteiger partial charge in [-0.2, -0.15) is 0 Å². The highest BCUT2D eigenvalue weighted by molar-refractivity contribution is 5.92. The summed E-state index contributed by atoms with van der Waals surface area (Å²) in [7, 11) is 3.12. The molecule has 0 aliphatic heterocycles. The van der Waals surface area contributed by atoms with Crippen LogP contribution < -0.4 is 9.47 Å². The Balaban J connectivity index is 1.94. The number of methoxy groups -OCH3 is 2. The third-order valence-electron chi connectivity index (χ3n) is 6.33. The van der Waals surface area contributed by atoms with E-state index < -0.39 is 24.1 Å². The Kier molecular flexibility index (Phi) is 9.17. The fourth-order valence-corrected chi connectivity index (χ4v) is 4.55. The van der Waals surface area contributed by atoms with E-state index in [-0.39, 0.29) is 31.2 Å². The van der Waals surface area contributed by atoms with E-state index in [1.807, 2.05) is 6.92 Å². The smallest absolute Gasteiger partial charge is 0.339 e. The molecule has 2 unspecified atom stereocenters. The Bertz CT molecular complexity index is 999. The number of nitrogens with zero attached hydrogens (tertiary/aromatic N) is 1. The molecule has 0 saturated heterocycles. The van der Waals surface area contributed by atoms with Crippen molar-refractivity contribution in [3.8, 4) is 11.5 Å². The summed E-state index contributed by atoms with van der Waals surface area (Å²) in [5, 5.41) is 20.7. The van der Waals surface area contributed by atoms with Crippen LogP contribution in [0.4, 0.5) is 0 Å². The lowest BCUT2D eigenvalue weighted by Gasteiger charge is -2.28. The summed E-state index contributed by atoms with van der Waals surface area (Å²) in [6.45, 7) is 3.96. The zero-order valence-corrected chi connectivity index (χ0v) is 20.8. The number of carboxylic acid groups (broad SMARTS) is 1. The number of carbonyl (C=O) groups excluding carboxylic acids is 1. The summed E-state index contributed by atoms with van der Waals surface area (Å²) in [6, 6.07) is 3.53. The lowest BCUT2D eigenvalue weighted by Crippen LogP contribution is -2.31. The highest BCUT2D eigenvalue weighted by atomic mass is 16.5. The van der Waals surface area contributed by atoms with Crippen molar-refractivity contribution in [2.45, 2.75) is 70.8 Å². The van der Waals surface area contributed by atoms with Crippen molar-refractivity contribution >= 4 is 11.9 Å². The molecule has 1 heterocycles. The summed E-state index contributed by atoms with van der Waals surface area (Å²) in [5.41, 5.74) is 1.95. The predicted octanol–water partition coefficient (Wildman–Crippen LogP) is 3.68. The van der Waals surface area contributed by atoms with Crippen LogP contribution in [0, 0.1) is 6.92 Å². The topological polar surface area (TPSA) is 116 Å². The van der Waals surface area contributed by atoms with Gasteiger partial charge in [-0.1, -0.05) is 12.8 Å². The highest BCUT2D eigenvalue weighted by Crippen LogP contribution is 2.35. The van der Waals surface area contributed by atoms with Crippen LogP contribution in [0.15, 0.2) is 24.5 Å². The number of aliphatic carboxylic acids is 1. The monoisotopic (exact) mass is 489 g/mol. The zero-order valence-electron chi connectivity index (χ0n) is 20.8. The van der Waals surface area contributed by atoms with Gasteiger partial charge < -0.3 is 33.7 Å². The van der Waals surface area contributed by atoms with Gasteiger partial charge in [0.25, 0.3) is 0 Å². The van der Waals surface area contributed by atoms with Crippen LogP contribution in [-0.4, -0.2) is 59.8 Å². The molecule has 0 amide bonds. The van der Waals surface area contributed by atoms with Gasteiger partial charge in [0.1, 0.15) is 23.7 Å². The van der Waals surface area contributed by atoms with E-state index in [0.717, 1.165) is 31.2 Å². The molecule has 0 bridgehead atoms. The first-order chi connectivity index (χ1) is 16.8. The molecule has 1 aliphatic rings. The lowest BCUT2D eigenvalue weighted by molar-refractivity contribution is -0.136. The molecule has 0 spiro atoms. The molecular weight excluding hydrogens is 454 g/mol. The number of hydrogen-bond acceptors (Lipinski definition) is 7. The van der Waals surface area contributed by atoms with Gasteiger partial charge in [-0.25, -0.2) is 4.79 Å². The van der Waals surface area contributed by atoms with Crippen molar-refractivity contribution in [3.05, 3.63) is 46.8 Å². The second kappa shape index (κ2) is 12.1. The van der Waals surface area contributed by atoms with E-state index in [1.54, 1.807) is 50.2 Å². The molecule has 1 aromatic heterocycles. The second-order valence-corrected chi connectivity index (χ2v) is 8.76. The first-order valence-electron chi connectivity index (χ1n) is 11.9.